The minimum atomic E-state index is -1.68. The predicted octanol–water partition coefficient (Wildman–Crippen LogP) is 4.54. The van der Waals surface area contributed by atoms with Crippen molar-refractivity contribution in [1.82, 2.24) is 14.9 Å². The number of aromatic nitrogens is 2. The summed E-state index contributed by atoms with van der Waals surface area (Å²) >= 11 is 1.23. The second-order valence-electron chi connectivity index (χ2n) is 7.61. The molecule has 0 aliphatic carbocycles. The molecule has 0 atom stereocenters. The number of benzene rings is 3. The van der Waals surface area contributed by atoms with E-state index in [4.69, 9.17) is 0 Å². The molecule has 4 rings (SSSR count). The van der Waals surface area contributed by atoms with Gasteiger partial charge in [0, 0.05) is 6.54 Å². The number of hydrogen-bond donors (Lipinski definition) is 2. The number of aryl methyl sites for hydroxylation is 2. The number of halogens is 3. The van der Waals surface area contributed by atoms with Crippen LogP contribution in [0.3, 0.4) is 0 Å². The zero-order chi connectivity index (χ0) is 24.8. The van der Waals surface area contributed by atoms with Crippen LogP contribution in [0, 0.1) is 17.5 Å². The third kappa shape index (κ3) is 6.02. The lowest BCUT2D eigenvalue weighted by molar-refractivity contribution is -0.122. The molecule has 0 fully saturated rings. The lowest BCUT2D eigenvalue weighted by Gasteiger charge is -2.10. The van der Waals surface area contributed by atoms with Crippen molar-refractivity contribution < 1.29 is 22.8 Å². The number of carbonyl (C=O) groups is 2. The zero-order valence-electron chi connectivity index (χ0n) is 18.4. The van der Waals surface area contributed by atoms with Crippen LogP contribution in [0.2, 0.25) is 0 Å². The number of amides is 2. The van der Waals surface area contributed by atoms with Crippen LogP contribution in [-0.2, 0) is 22.6 Å². The monoisotopic (exact) mass is 498 g/mol. The average molecular weight is 499 g/mol. The van der Waals surface area contributed by atoms with Gasteiger partial charge in [-0.1, -0.05) is 54.2 Å². The van der Waals surface area contributed by atoms with E-state index in [1.807, 2.05) is 42.5 Å². The van der Waals surface area contributed by atoms with Gasteiger partial charge in [-0.15, -0.1) is 0 Å². The summed E-state index contributed by atoms with van der Waals surface area (Å²) in [7, 11) is 0. The maximum Gasteiger partial charge on any atom is 0.243 e. The molecule has 0 aliphatic rings. The average Bonchev–Trinajstić information content (AvgIpc) is 3.23. The highest BCUT2D eigenvalue weighted by Gasteiger charge is 2.16. The SMILES string of the molecule is O=C(CSc1nc2ccccc2n1CCc1ccccc1)NCC(=O)Nc1ccc(F)c(F)c1F. The minimum Gasteiger partial charge on any atom is -0.346 e. The molecule has 180 valence electrons. The number of fused-ring (bicyclic) bond motifs is 1. The van der Waals surface area contributed by atoms with Crippen LogP contribution in [0.4, 0.5) is 18.9 Å². The van der Waals surface area contributed by atoms with E-state index in [1.54, 1.807) is 0 Å². The van der Waals surface area contributed by atoms with Gasteiger partial charge in [0.25, 0.3) is 0 Å². The molecule has 3 aromatic carbocycles. The summed E-state index contributed by atoms with van der Waals surface area (Å²) in [5.74, 6) is -5.75. The molecule has 6 nitrogen and oxygen atoms in total. The largest absolute Gasteiger partial charge is 0.346 e. The van der Waals surface area contributed by atoms with E-state index in [2.05, 4.69) is 32.3 Å². The first-order valence-electron chi connectivity index (χ1n) is 10.7. The van der Waals surface area contributed by atoms with Crippen LogP contribution in [0.15, 0.2) is 71.9 Å². The Bertz CT molecular complexity index is 1360. The van der Waals surface area contributed by atoms with Crippen LogP contribution >= 0.6 is 11.8 Å². The van der Waals surface area contributed by atoms with Gasteiger partial charge in [0.1, 0.15) is 0 Å². The van der Waals surface area contributed by atoms with Crippen molar-refractivity contribution in [3.05, 3.63) is 89.7 Å². The molecule has 0 bridgehead atoms. The van der Waals surface area contributed by atoms with E-state index < -0.39 is 41.5 Å². The fourth-order valence-electron chi connectivity index (χ4n) is 3.44. The van der Waals surface area contributed by atoms with E-state index in [9.17, 15) is 22.8 Å². The van der Waals surface area contributed by atoms with Crippen molar-refractivity contribution in [2.24, 2.45) is 0 Å². The molecule has 2 amide bonds. The summed E-state index contributed by atoms with van der Waals surface area (Å²) in [6.07, 6.45) is 0.793. The third-order valence-corrected chi connectivity index (χ3v) is 6.15. The minimum absolute atomic E-state index is 0.00146. The van der Waals surface area contributed by atoms with Crippen molar-refractivity contribution in [2.75, 3.05) is 17.6 Å². The van der Waals surface area contributed by atoms with Crippen molar-refractivity contribution in [3.8, 4) is 0 Å². The van der Waals surface area contributed by atoms with E-state index >= 15 is 0 Å². The molecule has 0 spiro atoms. The highest BCUT2D eigenvalue weighted by atomic mass is 32.2. The topological polar surface area (TPSA) is 76.0 Å². The fraction of sp³-hybridized carbons (Fsp3) is 0.160. The molecule has 0 saturated heterocycles. The van der Waals surface area contributed by atoms with Crippen molar-refractivity contribution in [2.45, 2.75) is 18.1 Å². The van der Waals surface area contributed by atoms with Gasteiger partial charge in [0.05, 0.1) is 29.0 Å². The first-order chi connectivity index (χ1) is 16.9. The molecule has 4 aromatic rings. The molecule has 0 aliphatic heterocycles. The first kappa shape index (κ1) is 24.3. The Labute approximate surface area is 203 Å². The van der Waals surface area contributed by atoms with E-state index in [0.29, 0.717) is 17.8 Å². The van der Waals surface area contributed by atoms with Gasteiger partial charge in [-0.25, -0.2) is 18.2 Å². The fourth-order valence-corrected chi connectivity index (χ4v) is 4.31. The van der Waals surface area contributed by atoms with Crippen molar-refractivity contribution in [1.29, 1.82) is 0 Å². The number of carbonyl (C=O) groups excluding carboxylic acids is 2. The molecular formula is C25H21F3N4O2S. The summed E-state index contributed by atoms with van der Waals surface area (Å²) in [5, 5.41) is 5.21. The second-order valence-corrected chi connectivity index (χ2v) is 8.55. The van der Waals surface area contributed by atoms with Crippen molar-refractivity contribution in [3.63, 3.8) is 0 Å². The molecule has 0 unspecified atom stereocenters. The van der Waals surface area contributed by atoms with Crippen LogP contribution in [0.1, 0.15) is 5.56 Å². The highest BCUT2D eigenvalue weighted by molar-refractivity contribution is 7.99. The van der Waals surface area contributed by atoms with Crippen LogP contribution < -0.4 is 10.6 Å². The number of hydrogen-bond acceptors (Lipinski definition) is 4. The van der Waals surface area contributed by atoms with Gasteiger partial charge in [0.2, 0.25) is 11.8 Å². The van der Waals surface area contributed by atoms with Gasteiger partial charge < -0.3 is 15.2 Å². The standard InChI is InChI=1S/C25H21F3N4O2S/c26-17-10-11-19(24(28)23(17)27)30-21(33)14-29-22(34)15-35-25-31-18-8-4-5-9-20(18)32(25)13-12-16-6-2-1-3-7-16/h1-11H,12-15H2,(H,29,34)(H,30,33). The molecule has 1 aromatic heterocycles. The second kappa shape index (κ2) is 11.1. The Hall–Kier alpha value is -3.79. The molecule has 2 N–H and O–H groups in total. The van der Waals surface area contributed by atoms with E-state index in [1.165, 1.54) is 17.3 Å². The summed E-state index contributed by atoms with van der Waals surface area (Å²) in [4.78, 5) is 28.9. The number of anilines is 1. The lowest BCUT2D eigenvalue weighted by atomic mass is 10.1. The third-order valence-electron chi connectivity index (χ3n) is 5.17. The van der Waals surface area contributed by atoms with E-state index in [-0.39, 0.29) is 5.75 Å². The Morgan fingerprint density at radius 1 is 0.886 bits per heavy atom. The maximum absolute atomic E-state index is 13.7. The van der Waals surface area contributed by atoms with Gasteiger partial charge in [-0.2, -0.15) is 0 Å². The van der Waals surface area contributed by atoms with Crippen LogP contribution in [0.25, 0.3) is 11.0 Å². The van der Waals surface area contributed by atoms with Gasteiger partial charge >= 0.3 is 0 Å². The molecule has 10 heteroatoms. The Kier molecular flexibility index (Phi) is 7.71. The first-order valence-corrected chi connectivity index (χ1v) is 11.7. The molecule has 0 saturated carbocycles. The molecule has 0 radical (unpaired) electrons. The van der Waals surface area contributed by atoms with Gasteiger partial charge in [0.15, 0.2) is 22.6 Å². The Morgan fingerprint density at radius 2 is 1.63 bits per heavy atom. The quantitative estimate of drug-likeness (QED) is 0.262. The highest BCUT2D eigenvalue weighted by Crippen LogP contribution is 2.24. The molecule has 35 heavy (non-hydrogen) atoms. The number of imidazole rings is 1. The van der Waals surface area contributed by atoms with Crippen LogP contribution in [-0.4, -0.2) is 33.7 Å². The number of rotatable bonds is 9. The Balaban J connectivity index is 1.34. The molecule has 1 heterocycles. The number of nitrogens with zero attached hydrogens (tertiary/aromatic N) is 2. The number of nitrogens with one attached hydrogen (secondary N) is 2. The normalized spacial score (nSPS) is 10.9. The summed E-state index contributed by atoms with van der Waals surface area (Å²) in [6.45, 7) is 0.221. The predicted molar refractivity (Wildman–Crippen MR) is 129 cm³/mol. The number of para-hydroxylation sites is 2. The van der Waals surface area contributed by atoms with Crippen LogP contribution in [0.5, 0.6) is 0 Å². The number of thioether (sulfide) groups is 1. The van der Waals surface area contributed by atoms with Gasteiger partial charge in [-0.3, -0.25) is 9.59 Å². The maximum atomic E-state index is 13.7. The zero-order valence-corrected chi connectivity index (χ0v) is 19.2. The van der Waals surface area contributed by atoms with E-state index in [0.717, 1.165) is 23.5 Å². The summed E-state index contributed by atoms with van der Waals surface area (Å²) in [6, 6.07) is 19.3. The lowest BCUT2D eigenvalue weighted by Crippen LogP contribution is -2.34. The molecular weight excluding hydrogens is 477 g/mol. The van der Waals surface area contributed by atoms with Gasteiger partial charge in [-0.05, 0) is 36.2 Å². The van der Waals surface area contributed by atoms with Crippen molar-refractivity contribution >= 4 is 40.3 Å². The Morgan fingerprint density at radius 3 is 2.43 bits per heavy atom. The summed E-state index contributed by atoms with van der Waals surface area (Å²) in [5.41, 5.74) is 2.45. The smallest absolute Gasteiger partial charge is 0.243 e. The summed E-state index contributed by atoms with van der Waals surface area (Å²) < 4.78 is 42.1.